The Morgan fingerprint density at radius 2 is 0.616 bits per heavy atom. The molecule has 0 aromatic heterocycles. The molecule has 0 saturated carbocycles. The fraction of sp³-hybridized carbons (Fsp3) is 0.293. The zero-order valence-corrected chi connectivity index (χ0v) is 60.5. The van der Waals surface area contributed by atoms with Gasteiger partial charge in [0.05, 0.1) is 0 Å². The molecule has 4 aliphatic carbocycles. The van der Waals surface area contributed by atoms with Gasteiger partial charge in [0, 0.05) is 0 Å². The molecule has 440 valence electrons. The molecule has 0 saturated heterocycles. The average Bonchev–Trinajstić information content (AvgIpc) is 2.96. The summed E-state index contributed by atoms with van der Waals surface area (Å²) in [6, 6.07) is 65.7. The van der Waals surface area contributed by atoms with Crippen molar-refractivity contribution in [3.05, 3.63) is 263 Å². The first kappa shape index (κ1) is 71.6. The van der Waals surface area contributed by atoms with Crippen LogP contribution in [0.25, 0.3) is 66.8 Å². The van der Waals surface area contributed by atoms with E-state index in [1.807, 2.05) is 24.3 Å². The number of benzene rings is 8. The van der Waals surface area contributed by atoms with Crippen LogP contribution in [0.3, 0.4) is 0 Å². The minimum atomic E-state index is 0. The third-order valence-corrected chi connectivity index (χ3v) is 14.8. The van der Waals surface area contributed by atoms with Gasteiger partial charge < -0.3 is 24.8 Å². The van der Waals surface area contributed by atoms with Crippen molar-refractivity contribution in [2.45, 2.75) is 158 Å². The van der Waals surface area contributed by atoms with Crippen molar-refractivity contribution in [2.75, 3.05) is 0 Å². The molecule has 4 aliphatic rings. The Hall–Kier alpha value is -5.19. The first-order chi connectivity index (χ1) is 39.7. The van der Waals surface area contributed by atoms with Crippen molar-refractivity contribution in [1.82, 2.24) is 0 Å². The molecule has 12 rings (SSSR count). The first-order valence-electron chi connectivity index (χ1n) is 30.0. The van der Waals surface area contributed by atoms with Crippen LogP contribution in [0.2, 0.25) is 0 Å². The first-order valence-corrected chi connectivity index (χ1v) is 32.4. The maximum Gasteiger partial charge on any atom is -0.109 e. The number of allylic oxidation sites excluding steroid dienone is 8. The molecule has 0 bridgehead atoms. The van der Waals surface area contributed by atoms with Gasteiger partial charge in [-0.05, 0) is 79.0 Å². The third kappa shape index (κ3) is 19.4. The molecule has 4 heteroatoms. The van der Waals surface area contributed by atoms with E-state index >= 15 is 0 Å². The molecule has 8 aromatic carbocycles. The van der Waals surface area contributed by atoms with Crippen LogP contribution in [-0.4, -0.2) is 6.41 Å². The molecule has 0 heterocycles. The number of hydrogen-bond acceptors (Lipinski definition) is 0. The van der Waals surface area contributed by atoms with Crippen molar-refractivity contribution in [3.63, 3.8) is 0 Å². The summed E-state index contributed by atoms with van der Waals surface area (Å²) in [6.07, 6.45) is 21.9. The molecule has 0 spiro atoms. The van der Waals surface area contributed by atoms with Crippen molar-refractivity contribution in [3.8, 4) is 66.8 Å². The van der Waals surface area contributed by atoms with E-state index in [0.717, 1.165) is 25.7 Å². The molecule has 0 unspecified atom stereocenters. The van der Waals surface area contributed by atoms with Gasteiger partial charge in [0.1, 0.15) is 0 Å². The van der Waals surface area contributed by atoms with Gasteiger partial charge in [-0.25, -0.2) is 24.3 Å². The summed E-state index contributed by atoms with van der Waals surface area (Å²) in [5.41, 5.74) is 27.0. The molecule has 0 amide bonds. The summed E-state index contributed by atoms with van der Waals surface area (Å²) in [4.78, 5) is 0. The van der Waals surface area contributed by atoms with Crippen molar-refractivity contribution in [1.29, 1.82) is 0 Å². The number of hydrogen-bond donors (Lipinski definition) is 0. The van der Waals surface area contributed by atoms with Crippen molar-refractivity contribution < 1.29 is 73.3 Å². The Bertz CT molecular complexity index is 3200. The molecule has 0 fully saturated rings. The molecular formula is C82H88Cl2Zr2-2. The van der Waals surface area contributed by atoms with E-state index in [0.29, 0.717) is 0 Å². The van der Waals surface area contributed by atoms with Crippen LogP contribution in [-0.2, 0) is 83.0 Å². The maximum atomic E-state index is 3.88. The second-order valence-electron chi connectivity index (χ2n) is 26.8. The quantitative estimate of drug-likeness (QED) is 0.154. The Balaban J connectivity index is 0.000000239. The maximum absolute atomic E-state index is 3.88. The fourth-order valence-electron chi connectivity index (χ4n) is 10.9. The summed E-state index contributed by atoms with van der Waals surface area (Å²) in [5.74, 6) is 0. The second-order valence-corrected chi connectivity index (χ2v) is 31.8. The van der Waals surface area contributed by atoms with Crippen LogP contribution < -0.4 is 24.8 Å². The van der Waals surface area contributed by atoms with Crippen LogP contribution in [0.15, 0.2) is 194 Å². The number of rotatable bonds is 4. The van der Waals surface area contributed by atoms with Crippen LogP contribution in [0, 0.1) is 24.3 Å². The zero-order chi connectivity index (χ0) is 61.0. The van der Waals surface area contributed by atoms with E-state index in [9.17, 15) is 0 Å². The number of halogens is 2. The molecule has 0 aliphatic heterocycles. The van der Waals surface area contributed by atoms with Crippen LogP contribution in [0.5, 0.6) is 0 Å². The summed E-state index contributed by atoms with van der Waals surface area (Å²) in [6.45, 7) is 36.3. The van der Waals surface area contributed by atoms with Gasteiger partial charge >= 0.3 is 82.6 Å². The van der Waals surface area contributed by atoms with Gasteiger partial charge in [-0.3, -0.25) is 12.2 Å². The molecule has 0 nitrogen and oxygen atoms in total. The predicted molar refractivity (Wildman–Crippen MR) is 359 cm³/mol. The SMILES string of the molecule is CC(C)(C)c1cc2c([c-]c1-c1ccccc1)Cc1cc(-c3ccccc3)c(C(C)(C)C)cc1-2.CC(C)(C)c1cc2c([c-]c1-c1ccccc1)Cc1cc(-c3ccccc3)c(C(C)(C)C)cc1-2.C[C](C)=[Zr+2].C[C](C)=[Zr+2].[C-]1=CC=CC1.[C-]1=CC=CC1.[Cl-].[Cl-]. The third-order valence-electron chi connectivity index (χ3n) is 14.8. The molecular weight excluding hydrogens is 1240 g/mol. The summed E-state index contributed by atoms with van der Waals surface area (Å²) < 4.78 is 3.01. The Morgan fingerprint density at radius 3 is 0.849 bits per heavy atom. The number of fused-ring (bicyclic) bond motifs is 6. The van der Waals surface area contributed by atoms with Gasteiger partial charge in [-0.1, -0.05) is 262 Å². The Labute approximate surface area is 562 Å². The minimum absolute atomic E-state index is 0. The van der Waals surface area contributed by atoms with E-state index < -0.39 is 0 Å². The van der Waals surface area contributed by atoms with E-state index in [1.165, 1.54) is 118 Å². The minimum Gasteiger partial charge on any atom is -1.00 e. The smallest absolute Gasteiger partial charge is 0.109 e. The molecule has 86 heavy (non-hydrogen) atoms. The largest absolute Gasteiger partial charge is 1.00 e. The van der Waals surface area contributed by atoms with E-state index in [4.69, 9.17) is 0 Å². The van der Waals surface area contributed by atoms with Gasteiger partial charge in [0.15, 0.2) is 0 Å². The van der Waals surface area contributed by atoms with Crippen LogP contribution in [0.4, 0.5) is 0 Å². The Morgan fingerprint density at radius 1 is 0.349 bits per heavy atom. The average molecular weight is 1330 g/mol. The van der Waals surface area contributed by atoms with Gasteiger partial charge in [-0.2, -0.15) is 12.2 Å². The zero-order valence-electron chi connectivity index (χ0n) is 54.1. The molecule has 0 atom stereocenters. The second kappa shape index (κ2) is 31.8. The molecule has 0 N–H and O–H groups in total. The van der Waals surface area contributed by atoms with Gasteiger partial charge in [-0.15, -0.1) is 70.5 Å². The van der Waals surface area contributed by atoms with E-state index in [2.05, 4.69) is 305 Å². The van der Waals surface area contributed by atoms with E-state index in [1.54, 1.807) is 48.5 Å². The van der Waals surface area contributed by atoms with Gasteiger partial charge in [0.2, 0.25) is 0 Å². The summed E-state index contributed by atoms with van der Waals surface area (Å²) in [7, 11) is 0. The molecule has 0 radical (unpaired) electrons. The van der Waals surface area contributed by atoms with Crippen molar-refractivity contribution in [2.24, 2.45) is 0 Å². The monoisotopic (exact) mass is 1320 g/mol. The molecule has 8 aromatic rings. The summed E-state index contributed by atoms with van der Waals surface area (Å²) in [5, 5.41) is 0. The standard InChI is InChI=1S/2C33H33.2C5H5.2C3H6.2ClH.2Zr/c2*1-32(2,3)30-20-26-24(18-28(30)22-13-9-7-10-14-22)17-25-19-29(23-15-11-8-12-16-23)31(21-27(25)26)33(4,5)6;2*1-2-4-5-3-1;2*1-3-2;;;;/h2*7-16,18,20-21H,17H2,1-6H3;2*1-3H,4H2;2*1-2H3;2*1H;;/q4*-1;;;;;2*+2/p-2. The normalized spacial score (nSPS) is 12.7. The van der Waals surface area contributed by atoms with E-state index in [-0.39, 0.29) is 46.5 Å². The fourth-order valence-corrected chi connectivity index (χ4v) is 10.9. The summed E-state index contributed by atoms with van der Waals surface area (Å²) >= 11 is 3.11. The Kier molecular flexibility index (Phi) is 26.5. The topological polar surface area (TPSA) is 0 Å². The van der Waals surface area contributed by atoms with Crippen molar-refractivity contribution >= 4 is 6.41 Å². The predicted octanol–water partition coefficient (Wildman–Crippen LogP) is 16.1. The van der Waals surface area contributed by atoms with Crippen LogP contribution >= 0.6 is 0 Å². The van der Waals surface area contributed by atoms with Crippen LogP contribution in [0.1, 0.15) is 168 Å². The van der Waals surface area contributed by atoms with Gasteiger partial charge in [0.25, 0.3) is 0 Å².